The molecule has 0 radical (unpaired) electrons. The Kier molecular flexibility index (Phi) is 7.11. The van der Waals surface area contributed by atoms with Gasteiger partial charge in [0.1, 0.15) is 5.75 Å². The number of thioether (sulfide) groups is 1. The number of carbonyl (C=O) groups excluding carboxylic acids is 1. The Balaban J connectivity index is 1.47. The van der Waals surface area contributed by atoms with Crippen molar-refractivity contribution in [2.45, 2.75) is 50.4 Å². The number of nitrogens with one attached hydrogen (secondary N) is 1. The van der Waals surface area contributed by atoms with Crippen LogP contribution < -0.4 is 10.1 Å². The van der Waals surface area contributed by atoms with E-state index in [1.54, 1.807) is 13.2 Å². The first-order valence-electron chi connectivity index (χ1n) is 10.6. The predicted octanol–water partition coefficient (Wildman–Crippen LogP) is 3.97. The Labute approximate surface area is 190 Å². The molecule has 1 aliphatic heterocycles. The van der Waals surface area contributed by atoms with Gasteiger partial charge in [-0.15, -0.1) is 10.2 Å². The molecule has 3 aromatic rings. The van der Waals surface area contributed by atoms with Gasteiger partial charge < -0.3 is 14.0 Å². The minimum Gasteiger partial charge on any atom is -0.497 e. The molecule has 1 atom stereocenters. The Hall–Kier alpha value is -2.85. The zero-order chi connectivity index (χ0) is 22.5. The first-order valence-corrected chi connectivity index (χ1v) is 11.6. The molecular weight excluding hydrogens is 430 g/mol. The molecule has 2 aromatic heterocycles. The lowest BCUT2D eigenvalue weighted by molar-refractivity contribution is -0.113. The van der Waals surface area contributed by atoms with E-state index in [-0.39, 0.29) is 23.7 Å². The number of benzene rings is 1. The monoisotopic (exact) mass is 457 g/mol. The van der Waals surface area contributed by atoms with E-state index >= 15 is 0 Å². The van der Waals surface area contributed by atoms with Gasteiger partial charge in [0.25, 0.3) is 0 Å². The molecule has 0 bridgehead atoms. The van der Waals surface area contributed by atoms with Crippen LogP contribution in [0.1, 0.15) is 38.3 Å². The Morgan fingerprint density at radius 2 is 2.12 bits per heavy atom. The van der Waals surface area contributed by atoms with Crippen molar-refractivity contribution in [3.8, 4) is 17.1 Å². The van der Waals surface area contributed by atoms with E-state index in [4.69, 9.17) is 14.0 Å². The lowest BCUT2D eigenvalue weighted by Gasteiger charge is -2.14. The molecule has 3 heterocycles. The summed E-state index contributed by atoms with van der Waals surface area (Å²) in [6, 6.07) is 9.43. The van der Waals surface area contributed by atoms with Crippen LogP contribution in [0.15, 0.2) is 40.0 Å². The van der Waals surface area contributed by atoms with Crippen LogP contribution in [0, 0.1) is 0 Å². The van der Waals surface area contributed by atoms with E-state index < -0.39 is 0 Å². The zero-order valence-corrected chi connectivity index (χ0v) is 19.2. The number of aromatic nitrogens is 4. The van der Waals surface area contributed by atoms with Gasteiger partial charge in [-0.1, -0.05) is 30.8 Å². The number of hydrogen-bond acceptors (Lipinski definition) is 8. The van der Waals surface area contributed by atoms with E-state index in [2.05, 4.69) is 20.7 Å². The summed E-state index contributed by atoms with van der Waals surface area (Å²) in [5, 5.41) is 16.1. The number of anilines is 1. The molecule has 1 N–H and O–H groups in total. The lowest BCUT2D eigenvalue weighted by Crippen LogP contribution is -2.18. The fourth-order valence-corrected chi connectivity index (χ4v) is 4.18. The highest BCUT2D eigenvalue weighted by Gasteiger charge is 2.22. The van der Waals surface area contributed by atoms with Crippen molar-refractivity contribution >= 4 is 23.6 Å². The first-order chi connectivity index (χ1) is 15.5. The topological polar surface area (TPSA) is 104 Å². The summed E-state index contributed by atoms with van der Waals surface area (Å²) in [5.41, 5.74) is 1.73. The minimum absolute atomic E-state index is 0.111. The SMILES string of the molecule is COc1ccc(-c2nnc(SCC(=O)Nc3cc(C(C)C)no3)n2CC2CCCO2)cc1. The quantitative estimate of drug-likeness (QED) is 0.481. The molecule has 1 aliphatic rings. The highest BCUT2D eigenvalue weighted by atomic mass is 32.2. The van der Waals surface area contributed by atoms with Crippen molar-refractivity contribution < 1.29 is 18.8 Å². The minimum atomic E-state index is -0.195. The maximum absolute atomic E-state index is 12.5. The van der Waals surface area contributed by atoms with Crippen LogP contribution >= 0.6 is 11.8 Å². The van der Waals surface area contributed by atoms with Gasteiger partial charge in [-0.3, -0.25) is 14.7 Å². The summed E-state index contributed by atoms with van der Waals surface area (Å²) in [6.07, 6.45) is 2.15. The van der Waals surface area contributed by atoms with Crippen molar-refractivity contribution in [3.05, 3.63) is 36.0 Å². The number of ether oxygens (including phenoxy) is 2. The van der Waals surface area contributed by atoms with Gasteiger partial charge in [0.05, 0.1) is 31.2 Å². The van der Waals surface area contributed by atoms with Gasteiger partial charge in [0.15, 0.2) is 11.0 Å². The van der Waals surface area contributed by atoms with Gasteiger partial charge in [-0.25, -0.2) is 0 Å². The average Bonchev–Trinajstić information content (AvgIpc) is 3.54. The molecule has 1 aromatic carbocycles. The molecule has 9 nitrogen and oxygen atoms in total. The third kappa shape index (κ3) is 5.31. The van der Waals surface area contributed by atoms with E-state index in [1.807, 2.05) is 42.7 Å². The summed E-state index contributed by atoms with van der Waals surface area (Å²) in [5.74, 6) is 2.06. The highest BCUT2D eigenvalue weighted by Crippen LogP contribution is 2.28. The molecule has 1 fully saturated rings. The Morgan fingerprint density at radius 3 is 2.78 bits per heavy atom. The second kappa shape index (κ2) is 10.2. The van der Waals surface area contributed by atoms with Crippen LogP contribution in [0.2, 0.25) is 0 Å². The predicted molar refractivity (Wildman–Crippen MR) is 121 cm³/mol. The lowest BCUT2D eigenvalue weighted by atomic mass is 10.1. The molecule has 0 spiro atoms. The molecule has 0 saturated carbocycles. The first kappa shape index (κ1) is 22.3. The number of methoxy groups -OCH3 is 1. The maximum atomic E-state index is 12.5. The standard InChI is InChI=1S/C22H27N5O4S/c1-14(2)18-11-20(31-26-18)23-19(28)13-32-22-25-24-21(15-6-8-16(29-3)9-7-15)27(22)12-17-5-4-10-30-17/h6-9,11,14,17H,4-5,10,12-13H2,1-3H3,(H,23,28). The zero-order valence-electron chi connectivity index (χ0n) is 18.4. The van der Waals surface area contributed by atoms with Crippen molar-refractivity contribution in [1.29, 1.82) is 0 Å². The number of amides is 1. The van der Waals surface area contributed by atoms with Gasteiger partial charge >= 0.3 is 0 Å². The number of carbonyl (C=O) groups is 1. The molecule has 1 unspecified atom stereocenters. The van der Waals surface area contributed by atoms with E-state index in [1.165, 1.54) is 11.8 Å². The van der Waals surface area contributed by atoms with Crippen molar-refractivity contribution in [1.82, 2.24) is 19.9 Å². The summed E-state index contributed by atoms with van der Waals surface area (Å²) < 4.78 is 18.3. The van der Waals surface area contributed by atoms with Crippen molar-refractivity contribution in [2.24, 2.45) is 0 Å². The highest BCUT2D eigenvalue weighted by molar-refractivity contribution is 7.99. The smallest absolute Gasteiger partial charge is 0.237 e. The van der Waals surface area contributed by atoms with Crippen molar-refractivity contribution in [2.75, 3.05) is 24.8 Å². The van der Waals surface area contributed by atoms with Gasteiger partial charge in [-0.2, -0.15) is 0 Å². The second-order valence-electron chi connectivity index (χ2n) is 7.89. The van der Waals surface area contributed by atoms with E-state index in [9.17, 15) is 4.79 Å². The summed E-state index contributed by atoms with van der Waals surface area (Å²) in [4.78, 5) is 12.5. The summed E-state index contributed by atoms with van der Waals surface area (Å²) in [7, 11) is 1.64. The molecule has 1 amide bonds. The second-order valence-corrected chi connectivity index (χ2v) is 8.83. The van der Waals surface area contributed by atoms with Crippen LogP contribution in [0.25, 0.3) is 11.4 Å². The molecule has 170 valence electrons. The van der Waals surface area contributed by atoms with Crippen LogP contribution in [-0.4, -0.2) is 51.4 Å². The fourth-order valence-electron chi connectivity index (χ4n) is 3.43. The summed E-state index contributed by atoms with van der Waals surface area (Å²) >= 11 is 1.33. The third-order valence-electron chi connectivity index (χ3n) is 5.19. The number of rotatable bonds is 9. The van der Waals surface area contributed by atoms with E-state index in [0.717, 1.165) is 42.3 Å². The Morgan fingerprint density at radius 1 is 1.31 bits per heavy atom. The molecule has 32 heavy (non-hydrogen) atoms. The molecule has 1 saturated heterocycles. The van der Waals surface area contributed by atoms with Crippen LogP contribution in [-0.2, 0) is 16.1 Å². The molecular formula is C22H27N5O4S. The third-order valence-corrected chi connectivity index (χ3v) is 6.16. The van der Waals surface area contributed by atoms with Crippen LogP contribution in [0.5, 0.6) is 5.75 Å². The average molecular weight is 458 g/mol. The maximum Gasteiger partial charge on any atom is 0.237 e. The molecule has 0 aliphatic carbocycles. The summed E-state index contributed by atoms with van der Waals surface area (Å²) in [6.45, 7) is 5.43. The van der Waals surface area contributed by atoms with Crippen LogP contribution in [0.3, 0.4) is 0 Å². The van der Waals surface area contributed by atoms with Crippen molar-refractivity contribution in [3.63, 3.8) is 0 Å². The fraction of sp³-hybridized carbons (Fsp3) is 0.455. The van der Waals surface area contributed by atoms with Gasteiger partial charge in [0, 0.05) is 18.2 Å². The van der Waals surface area contributed by atoms with Gasteiger partial charge in [-0.05, 0) is 43.0 Å². The van der Waals surface area contributed by atoms with Gasteiger partial charge in [0.2, 0.25) is 11.8 Å². The molecule has 10 heteroatoms. The van der Waals surface area contributed by atoms with Crippen LogP contribution in [0.4, 0.5) is 5.88 Å². The number of hydrogen-bond donors (Lipinski definition) is 1. The normalized spacial score (nSPS) is 15.9. The molecule has 4 rings (SSSR count). The number of nitrogens with zero attached hydrogens (tertiary/aromatic N) is 4. The largest absolute Gasteiger partial charge is 0.497 e. The van der Waals surface area contributed by atoms with E-state index in [0.29, 0.717) is 17.6 Å². The Bertz CT molecular complexity index is 1040.